The van der Waals surface area contributed by atoms with Crippen molar-refractivity contribution >= 4 is 17.3 Å². The second-order valence-electron chi connectivity index (χ2n) is 3.88. The molecule has 0 atom stereocenters. The van der Waals surface area contributed by atoms with Gasteiger partial charge in [-0.1, -0.05) is 11.6 Å². The summed E-state index contributed by atoms with van der Waals surface area (Å²) in [6, 6.07) is 2.09. The van der Waals surface area contributed by atoms with Crippen LogP contribution in [-0.4, -0.2) is 9.55 Å². The van der Waals surface area contributed by atoms with Crippen molar-refractivity contribution in [1.29, 1.82) is 5.26 Å². The minimum atomic E-state index is -0.647. The normalized spacial score (nSPS) is 11.1. The zero-order valence-electron chi connectivity index (χ0n) is 8.49. The molecule has 0 amide bonds. The Balaban J connectivity index is 3.15. The minimum absolute atomic E-state index is 0.00832. The summed E-state index contributed by atoms with van der Waals surface area (Å²) in [6.07, 6.45) is 1.29. The number of hydrogen-bond donors (Lipinski definition) is 1. The maximum absolute atomic E-state index is 11.6. The van der Waals surface area contributed by atoms with Gasteiger partial charge in [-0.2, -0.15) is 5.26 Å². The lowest BCUT2D eigenvalue weighted by atomic mass is 9.96. The molecule has 1 aromatic heterocycles. The van der Waals surface area contributed by atoms with Crippen LogP contribution in [0.15, 0.2) is 11.1 Å². The summed E-state index contributed by atoms with van der Waals surface area (Å²) in [4.78, 5) is 15.3. The summed E-state index contributed by atoms with van der Waals surface area (Å²) in [5, 5.41) is 8.82. The zero-order chi connectivity index (χ0) is 11.6. The van der Waals surface area contributed by atoms with E-state index in [1.54, 1.807) is 13.8 Å². The van der Waals surface area contributed by atoms with Crippen LogP contribution in [0, 0.1) is 16.7 Å². The Hall–Kier alpha value is -1.54. The highest BCUT2D eigenvalue weighted by atomic mass is 35.5. The number of nitriles is 1. The van der Waals surface area contributed by atoms with Crippen LogP contribution in [0.1, 0.15) is 13.8 Å². The number of anilines is 1. The SMILES string of the molecule is CC(C)(C#N)Cn1cnc(Cl)c(N)c1=O. The Bertz CT molecular complexity index is 472. The molecule has 6 heteroatoms. The molecule has 0 aliphatic carbocycles. The van der Waals surface area contributed by atoms with Gasteiger partial charge in [0.1, 0.15) is 5.69 Å². The van der Waals surface area contributed by atoms with Crippen molar-refractivity contribution in [3.8, 4) is 6.07 Å². The first-order valence-corrected chi connectivity index (χ1v) is 4.67. The quantitative estimate of drug-likeness (QED) is 0.764. The second-order valence-corrected chi connectivity index (χ2v) is 4.24. The van der Waals surface area contributed by atoms with Crippen LogP contribution in [0.25, 0.3) is 0 Å². The third kappa shape index (κ3) is 2.48. The van der Waals surface area contributed by atoms with Crippen molar-refractivity contribution in [3.63, 3.8) is 0 Å². The molecule has 0 spiro atoms. The molecule has 0 aromatic carbocycles. The fourth-order valence-electron chi connectivity index (χ4n) is 1.06. The molecule has 0 saturated heterocycles. The van der Waals surface area contributed by atoms with E-state index >= 15 is 0 Å². The van der Waals surface area contributed by atoms with Crippen LogP contribution in [0.3, 0.4) is 0 Å². The van der Waals surface area contributed by atoms with Gasteiger partial charge in [-0.15, -0.1) is 0 Å². The standard InChI is InChI=1S/C9H11ClN4O/c1-9(2,3-11)4-14-5-13-7(10)6(12)8(14)15/h5H,4,12H2,1-2H3. The largest absolute Gasteiger partial charge is 0.392 e. The third-order valence-corrected chi connectivity index (χ3v) is 2.19. The lowest BCUT2D eigenvalue weighted by Gasteiger charge is -2.16. The summed E-state index contributed by atoms with van der Waals surface area (Å²) in [6.45, 7) is 3.69. The van der Waals surface area contributed by atoms with E-state index in [1.165, 1.54) is 10.9 Å². The van der Waals surface area contributed by atoms with E-state index in [2.05, 4.69) is 11.1 Å². The molecule has 0 radical (unpaired) electrons. The average Bonchev–Trinajstić information content (AvgIpc) is 2.19. The molecule has 15 heavy (non-hydrogen) atoms. The number of nitrogens with two attached hydrogens (primary N) is 1. The van der Waals surface area contributed by atoms with Crippen LogP contribution in [0.2, 0.25) is 5.15 Å². The van der Waals surface area contributed by atoms with Gasteiger partial charge in [0.15, 0.2) is 5.15 Å². The average molecular weight is 227 g/mol. The highest BCUT2D eigenvalue weighted by Crippen LogP contribution is 2.16. The Morgan fingerprint density at radius 3 is 2.87 bits per heavy atom. The highest BCUT2D eigenvalue weighted by Gasteiger charge is 2.19. The fraction of sp³-hybridized carbons (Fsp3) is 0.444. The van der Waals surface area contributed by atoms with Crippen LogP contribution in [0.4, 0.5) is 5.69 Å². The monoisotopic (exact) mass is 226 g/mol. The molecule has 5 nitrogen and oxygen atoms in total. The molecule has 1 rings (SSSR count). The van der Waals surface area contributed by atoms with E-state index in [0.717, 1.165) is 0 Å². The predicted molar refractivity (Wildman–Crippen MR) is 57.3 cm³/mol. The van der Waals surface area contributed by atoms with Crippen LogP contribution >= 0.6 is 11.6 Å². The Morgan fingerprint density at radius 1 is 1.73 bits per heavy atom. The number of nitrogens with zero attached hydrogens (tertiary/aromatic N) is 3. The van der Waals surface area contributed by atoms with Gasteiger partial charge in [-0.25, -0.2) is 4.98 Å². The van der Waals surface area contributed by atoms with Crippen molar-refractivity contribution in [2.75, 3.05) is 5.73 Å². The summed E-state index contributed by atoms with van der Waals surface area (Å²) in [5.41, 5.74) is 4.28. The van der Waals surface area contributed by atoms with E-state index in [1.807, 2.05) is 0 Å². The summed E-state index contributed by atoms with van der Waals surface area (Å²) >= 11 is 5.58. The van der Waals surface area contributed by atoms with Crippen molar-refractivity contribution in [2.24, 2.45) is 5.41 Å². The molecule has 0 fully saturated rings. The van der Waals surface area contributed by atoms with Crippen LogP contribution in [-0.2, 0) is 6.54 Å². The van der Waals surface area contributed by atoms with E-state index in [0.29, 0.717) is 0 Å². The van der Waals surface area contributed by atoms with Gasteiger partial charge in [0.25, 0.3) is 5.56 Å². The number of aromatic nitrogens is 2. The predicted octanol–water partition coefficient (Wildman–Crippen LogP) is 1.03. The van der Waals surface area contributed by atoms with Crippen LogP contribution in [0.5, 0.6) is 0 Å². The van der Waals surface area contributed by atoms with E-state index < -0.39 is 11.0 Å². The highest BCUT2D eigenvalue weighted by molar-refractivity contribution is 6.31. The summed E-state index contributed by atoms with van der Waals surface area (Å²) in [7, 11) is 0. The number of hydrogen-bond acceptors (Lipinski definition) is 4. The molecule has 2 N–H and O–H groups in total. The Labute approximate surface area is 92.1 Å². The van der Waals surface area contributed by atoms with E-state index in [4.69, 9.17) is 22.6 Å². The second kappa shape index (κ2) is 3.91. The minimum Gasteiger partial charge on any atom is -0.392 e. The maximum atomic E-state index is 11.6. The first kappa shape index (κ1) is 11.5. The summed E-state index contributed by atoms with van der Waals surface area (Å²) < 4.78 is 1.28. The van der Waals surface area contributed by atoms with Crippen molar-refractivity contribution < 1.29 is 0 Å². The van der Waals surface area contributed by atoms with Crippen molar-refractivity contribution in [3.05, 3.63) is 21.8 Å². The molecular formula is C9H11ClN4O. The molecule has 0 unspecified atom stereocenters. The Kier molecular flexibility index (Phi) is 3.01. The lowest BCUT2D eigenvalue weighted by Crippen LogP contribution is -2.29. The Morgan fingerprint density at radius 2 is 2.33 bits per heavy atom. The van der Waals surface area contributed by atoms with Crippen LogP contribution < -0.4 is 11.3 Å². The maximum Gasteiger partial charge on any atom is 0.278 e. The van der Waals surface area contributed by atoms with Gasteiger partial charge in [0.2, 0.25) is 0 Å². The van der Waals surface area contributed by atoms with Gasteiger partial charge >= 0.3 is 0 Å². The van der Waals surface area contributed by atoms with Gasteiger partial charge in [0.05, 0.1) is 17.8 Å². The van der Waals surface area contributed by atoms with Gasteiger partial charge in [-0.3, -0.25) is 9.36 Å². The summed E-state index contributed by atoms with van der Waals surface area (Å²) in [5.74, 6) is 0. The molecule has 0 aliphatic heterocycles. The number of nitrogen functional groups attached to an aromatic ring is 1. The van der Waals surface area contributed by atoms with Gasteiger partial charge < -0.3 is 5.73 Å². The van der Waals surface area contributed by atoms with Gasteiger partial charge in [-0.05, 0) is 13.8 Å². The van der Waals surface area contributed by atoms with Crippen molar-refractivity contribution in [1.82, 2.24) is 9.55 Å². The molecule has 0 aliphatic rings. The molecule has 0 saturated carbocycles. The first-order valence-electron chi connectivity index (χ1n) is 4.29. The molecule has 1 aromatic rings. The topological polar surface area (TPSA) is 84.7 Å². The third-order valence-electron chi connectivity index (χ3n) is 1.89. The molecule has 80 valence electrons. The fourth-order valence-corrected chi connectivity index (χ4v) is 1.18. The molecule has 1 heterocycles. The lowest BCUT2D eigenvalue weighted by molar-refractivity contribution is 0.399. The molecular weight excluding hydrogens is 216 g/mol. The zero-order valence-corrected chi connectivity index (χ0v) is 9.25. The van der Waals surface area contributed by atoms with E-state index in [-0.39, 0.29) is 17.4 Å². The number of halogens is 1. The smallest absolute Gasteiger partial charge is 0.278 e. The van der Waals surface area contributed by atoms with E-state index in [9.17, 15) is 4.79 Å². The molecule has 0 bridgehead atoms. The van der Waals surface area contributed by atoms with Crippen molar-refractivity contribution in [2.45, 2.75) is 20.4 Å². The number of rotatable bonds is 2. The first-order chi connectivity index (χ1) is 6.87. The van der Waals surface area contributed by atoms with Gasteiger partial charge in [0, 0.05) is 6.54 Å².